The summed E-state index contributed by atoms with van der Waals surface area (Å²) >= 11 is 0. The van der Waals surface area contributed by atoms with Crippen LogP contribution in [0.15, 0.2) is 186 Å². The van der Waals surface area contributed by atoms with E-state index >= 15 is 0 Å². The van der Waals surface area contributed by atoms with E-state index in [1.807, 2.05) is 24.3 Å². The summed E-state index contributed by atoms with van der Waals surface area (Å²) in [5.74, 6) is 0. The molecular weight excluding hydrogens is 597 g/mol. The lowest BCUT2D eigenvalue weighted by atomic mass is 10.0. The Balaban J connectivity index is 1.42. The monoisotopic (exact) mass is 643 g/mol. The summed E-state index contributed by atoms with van der Waals surface area (Å²) in [5.41, 5.74) is -1.95. The minimum atomic E-state index is -0.872. The summed E-state index contributed by atoms with van der Waals surface area (Å²) in [6, 6.07) is 10.3. The molecule has 10 rings (SSSR count). The molecule has 230 valence electrons. The predicted molar refractivity (Wildman–Crippen MR) is 206 cm³/mol. The molecule has 0 fully saturated rings. The maximum atomic E-state index is 9.74. The Bertz CT molecular complexity index is 3700. The van der Waals surface area contributed by atoms with Gasteiger partial charge in [-0.2, -0.15) is 0 Å². The van der Waals surface area contributed by atoms with Gasteiger partial charge in [-0.25, -0.2) is 0 Å². The fourth-order valence-electron chi connectivity index (χ4n) is 6.31. The molecule has 0 N–H and O–H groups in total. The van der Waals surface area contributed by atoms with Crippen molar-refractivity contribution in [3.63, 3.8) is 0 Å². The van der Waals surface area contributed by atoms with Crippen molar-refractivity contribution in [3.8, 4) is 16.8 Å². The number of rotatable bonds is 5. The van der Waals surface area contributed by atoms with Gasteiger partial charge in [-0.15, -0.1) is 0 Å². The molecule has 0 aliphatic heterocycles. The van der Waals surface area contributed by atoms with Crippen molar-refractivity contribution in [2.45, 2.75) is 0 Å². The van der Waals surface area contributed by atoms with Crippen molar-refractivity contribution in [2.75, 3.05) is 4.90 Å². The summed E-state index contributed by atoms with van der Waals surface area (Å²) in [7, 11) is 0. The zero-order chi connectivity index (χ0) is 47.1. The lowest BCUT2D eigenvalue weighted by molar-refractivity contribution is 0.672. The fraction of sp³-hybridized carbons (Fsp3) is 0. The first-order valence-corrected chi connectivity index (χ1v) is 15.3. The van der Waals surface area contributed by atoms with Gasteiger partial charge < -0.3 is 13.9 Å². The first-order chi connectivity index (χ1) is 31.4. The van der Waals surface area contributed by atoms with E-state index in [0.29, 0.717) is 16.6 Å². The van der Waals surface area contributed by atoms with Crippen LogP contribution in [0.5, 0.6) is 0 Å². The molecule has 0 bridgehead atoms. The van der Waals surface area contributed by atoms with Crippen LogP contribution >= 0.6 is 0 Å². The van der Waals surface area contributed by atoms with Gasteiger partial charge in [0.15, 0.2) is 0 Å². The molecule has 8 aromatic carbocycles. The number of nitrogens with zero attached hydrogens (tertiary/aromatic N) is 2. The third-order valence-corrected chi connectivity index (χ3v) is 8.48. The molecule has 2 heterocycles. The Labute approximate surface area is 307 Å². The summed E-state index contributed by atoms with van der Waals surface area (Å²) in [4.78, 5) is 0.788. The number of furan rings is 1. The minimum absolute atomic E-state index is 0.129. The van der Waals surface area contributed by atoms with Gasteiger partial charge in [0, 0.05) is 38.6 Å². The number of aromatic nitrogens is 1. The summed E-state index contributed by atoms with van der Waals surface area (Å²) in [6.07, 6.45) is 0. The lowest BCUT2D eigenvalue weighted by Gasteiger charge is -2.27. The number of benzene rings is 8. The first kappa shape index (κ1) is 15.5. The molecule has 10 aromatic rings. The molecule has 49 heavy (non-hydrogen) atoms. The third-order valence-electron chi connectivity index (χ3n) is 8.48. The minimum Gasteiger partial charge on any atom is -0.455 e. The third kappa shape index (κ3) is 4.37. The smallest absolute Gasteiger partial charge is 0.143 e. The van der Waals surface area contributed by atoms with Crippen molar-refractivity contribution in [1.82, 2.24) is 4.57 Å². The first-order valence-electron chi connectivity index (χ1n) is 23.8. The Morgan fingerprint density at radius 1 is 0.490 bits per heavy atom. The average Bonchev–Trinajstić information content (AvgIpc) is 3.87. The number of anilines is 3. The average molecular weight is 644 g/mol. The van der Waals surface area contributed by atoms with E-state index < -0.39 is 147 Å². The Morgan fingerprint density at radius 2 is 1.14 bits per heavy atom. The molecule has 0 aliphatic carbocycles. The van der Waals surface area contributed by atoms with E-state index in [-0.39, 0.29) is 16.6 Å². The maximum Gasteiger partial charge on any atom is 0.143 e. The highest BCUT2D eigenvalue weighted by Gasteiger charge is 2.21. The number of fused-ring (bicyclic) bond motifs is 8. The van der Waals surface area contributed by atoms with Crippen LogP contribution in [-0.4, -0.2) is 4.57 Å². The topological polar surface area (TPSA) is 21.3 Å². The highest BCUT2D eigenvalue weighted by Crippen LogP contribution is 2.45. The zero-order valence-corrected chi connectivity index (χ0v) is 25.3. The maximum absolute atomic E-state index is 9.74. The van der Waals surface area contributed by atoms with E-state index in [1.165, 1.54) is 0 Å². The van der Waals surface area contributed by atoms with Crippen molar-refractivity contribution < 1.29 is 27.7 Å². The van der Waals surface area contributed by atoms with Crippen molar-refractivity contribution in [2.24, 2.45) is 0 Å². The van der Waals surface area contributed by atoms with Crippen LogP contribution in [-0.2, 0) is 0 Å². The molecule has 0 unspecified atom stereocenters. The van der Waals surface area contributed by atoms with Crippen LogP contribution < -0.4 is 4.90 Å². The second-order valence-corrected chi connectivity index (χ2v) is 11.2. The molecule has 0 amide bonds. The predicted octanol–water partition coefficient (Wildman–Crippen LogP) is 13.0. The van der Waals surface area contributed by atoms with Gasteiger partial charge >= 0.3 is 0 Å². The van der Waals surface area contributed by atoms with E-state index in [1.54, 1.807) is 59.2 Å². The fourth-order valence-corrected chi connectivity index (χ4v) is 6.31. The molecule has 0 atom stereocenters. The molecule has 0 saturated carbocycles. The van der Waals surface area contributed by atoms with Crippen LogP contribution in [0.25, 0.3) is 71.3 Å². The zero-order valence-electron chi connectivity index (χ0n) is 42.3. The van der Waals surface area contributed by atoms with Gasteiger partial charge in [-0.3, -0.25) is 0 Å². The highest BCUT2D eigenvalue weighted by molar-refractivity contribution is 6.19. The van der Waals surface area contributed by atoms with Crippen LogP contribution in [0.4, 0.5) is 17.1 Å². The Morgan fingerprint density at radius 3 is 1.88 bits per heavy atom. The second-order valence-electron chi connectivity index (χ2n) is 11.2. The van der Waals surface area contributed by atoms with Crippen LogP contribution in [0.3, 0.4) is 0 Å². The largest absolute Gasteiger partial charge is 0.455 e. The van der Waals surface area contributed by atoms with Gasteiger partial charge in [0.25, 0.3) is 0 Å². The normalized spacial score (nSPS) is 16.5. The van der Waals surface area contributed by atoms with Gasteiger partial charge in [0.2, 0.25) is 0 Å². The van der Waals surface area contributed by atoms with Crippen LogP contribution in [0, 0.1) is 0 Å². The molecule has 0 spiro atoms. The molecule has 3 nitrogen and oxygen atoms in total. The van der Waals surface area contributed by atoms with E-state index in [9.17, 15) is 13.7 Å². The Hall–Kier alpha value is -6.58. The lowest BCUT2D eigenvalue weighted by Crippen LogP contribution is -2.10. The van der Waals surface area contributed by atoms with Crippen LogP contribution in [0.1, 0.15) is 23.3 Å². The molecule has 0 radical (unpaired) electrons. The molecule has 2 aromatic heterocycles. The molecule has 0 saturated heterocycles. The molecule has 0 aliphatic rings. The second kappa shape index (κ2) is 11.0. The SMILES string of the molecule is [2H]c1c([2H])c(N(c2c([2H])c([2H])c(-n3c4ccccc4c4ccccc43)c([2H])c2[2H])c2c([2H])c([2H])c([2H])c3oc4c5c([2H])c([2H])c([2H])c([2H])c5c([2H])c([2H])c4c23)c([2H])c([2H])c1-c1ccccc1. The van der Waals surface area contributed by atoms with E-state index in [0.717, 1.165) is 15.7 Å². The Kier molecular flexibility index (Phi) is 3.49. The number of hydrogen-bond donors (Lipinski definition) is 0. The van der Waals surface area contributed by atoms with Crippen molar-refractivity contribution in [1.29, 1.82) is 0 Å². The summed E-state index contributed by atoms with van der Waals surface area (Å²) in [6.45, 7) is 0. The van der Waals surface area contributed by atoms with Gasteiger partial charge in [-0.05, 0) is 83.0 Å². The quantitative estimate of drug-likeness (QED) is 0.186. The van der Waals surface area contributed by atoms with Gasteiger partial charge in [-0.1, -0.05) is 115 Å². The van der Waals surface area contributed by atoms with Gasteiger partial charge in [0.1, 0.15) is 11.2 Å². The highest BCUT2D eigenvalue weighted by atomic mass is 16.3. The number of hydrogen-bond acceptors (Lipinski definition) is 2. The molecule has 3 heteroatoms. The van der Waals surface area contributed by atoms with Crippen molar-refractivity contribution in [3.05, 3.63) is 182 Å². The van der Waals surface area contributed by atoms with Gasteiger partial charge in [0.05, 0.1) is 45.4 Å². The van der Waals surface area contributed by atoms with E-state index in [2.05, 4.69) is 0 Å². The number of para-hydroxylation sites is 2. The summed E-state index contributed by atoms with van der Waals surface area (Å²) < 4.78 is 164. The molecular formula is C46H30N2O. The van der Waals surface area contributed by atoms with Crippen LogP contribution in [0.2, 0.25) is 0 Å². The standard InChI is InChI=1S/C46H30N2O/c1-2-11-31(12-3-1)32-21-24-34(25-22-32)47(43-19-10-20-44-45(43)40-30-23-33-13-4-5-14-37(33)46(40)49-44)35-26-28-36(29-27-35)48-41-17-8-6-15-38(41)39-16-7-9-18-42(39)48/h1-30H/i4D,5D,10D,13D,14D,19D,20D,21D,22D,23D,24D,25D,26D,27D,28D,29D,30D. The summed E-state index contributed by atoms with van der Waals surface area (Å²) in [5, 5.41) is -0.0854. The van der Waals surface area contributed by atoms with E-state index in [4.69, 9.17) is 14.0 Å². The van der Waals surface area contributed by atoms with Crippen molar-refractivity contribution >= 4 is 71.6 Å².